The summed E-state index contributed by atoms with van der Waals surface area (Å²) in [6.45, 7) is 2.11. The average molecular weight is 273 g/mol. The number of hydrogen-bond acceptors (Lipinski definition) is 1. The van der Waals surface area contributed by atoms with E-state index < -0.39 is 0 Å². The third-order valence-electron chi connectivity index (χ3n) is 2.31. The van der Waals surface area contributed by atoms with Crippen molar-refractivity contribution in [2.45, 2.75) is 18.7 Å². The van der Waals surface area contributed by atoms with E-state index in [4.69, 9.17) is 0 Å². The van der Waals surface area contributed by atoms with Crippen molar-refractivity contribution in [2.75, 3.05) is 0 Å². The third kappa shape index (κ3) is 1.71. The number of rotatable bonds is 2. The summed E-state index contributed by atoms with van der Waals surface area (Å²) >= 11 is 4.66. The molecule has 0 N–H and O–H groups in total. The Balaban J connectivity index is 2.72. The fraction of sp³-hybridized carbons (Fsp3) is 0.273. The lowest BCUT2D eigenvalue weighted by atomic mass is 10.1. The van der Waals surface area contributed by atoms with Crippen molar-refractivity contribution in [3.05, 3.63) is 34.5 Å². The molecule has 0 aliphatic carbocycles. The second kappa shape index (κ2) is 3.99. The molecule has 0 spiro atoms. The predicted molar refractivity (Wildman–Crippen MR) is 63.8 cm³/mol. The molecule has 74 valence electrons. The molecule has 0 nitrogen and oxygen atoms in total. The van der Waals surface area contributed by atoms with Crippen molar-refractivity contribution in [1.29, 1.82) is 0 Å². The molecule has 0 unspecified atom stereocenters. The molecule has 0 fully saturated rings. The van der Waals surface area contributed by atoms with Crippen LogP contribution in [0.15, 0.2) is 18.2 Å². The standard InChI is InChI=1S/C11H10BrFS/c1-2-7-3-8(6-12)9-5-11(13)14-10(9)4-7/h3-5H,2,6H2,1H3. The number of thiophene rings is 1. The van der Waals surface area contributed by atoms with Crippen molar-refractivity contribution in [3.8, 4) is 0 Å². The molecule has 0 bridgehead atoms. The van der Waals surface area contributed by atoms with Gasteiger partial charge in [0.1, 0.15) is 0 Å². The van der Waals surface area contributed by atoms with Gasteiger partial charge < -0.3 is 0 Å². The molecule has 1 aromatic carbocycles. The highest BCUT2D eigenvalue weighted by Gasteiger charge is 2.06. The van der Waals surface area contributed by atoms with E-state index in [1.807, 2.05) is 0 Å². The Morgan fingerprint density at radius 3 is 2.79 bits per heavy atom. The Morgan fingerprint density at radius 1 is 1.36 bits per heavy atom. The molecule has 1 aromatic heterocycles. The molecule has 0 amide bonds. The first-order valence-corrected chi connectivity index (χ1v) is 6.45. The van der Waals surface area contributed by atoms with Gasteiger partial charge in [-0.3, -0.25) is 0 Å². The zero-order valence-corrected chi connectivity index (χ0v) is 10.2. The van der Waals surface area contributed by atoms with Crippen LogP contribution in [0.2, 0.25) is 0 Å². The number of halogens is 2. The Hall–Kier alpha value is -0.410. The van der Waals surface area contributed by atoms with Crippen LogP contribution in [-0.4, -0.2) is 0 Å². The maximum Gasteiger partial charge on any atom is 0.177 e. The fourth-order valence-electron chi connectivity index (χ4n) is 1.56. The van der Waals surface area contributed by atoms with Gasteiger partial charge in [-0.25, -0.2) is 0 Å². The normalized spacial score (nSPS) is 11.1. The number of fused-ring (bicyclic) bond motifs is 1. The van der Waals surface area contributed by atoms with Crippen molar-refractivity contribution >= 4 is 37.4 Å². The lowest BCUT2D eigenvalue weighted by Crippen LogP contribution is -1.84. The van der Waals surface area contributed by atoms with Crippen LogP contribution in [0, 0.1) is 5.13 Å². The minimum atomic E-state index is -0.101. The molecule has 0 aliphatic rings. The van der Waals surface area contributed by atoms with Crippen LogP contribution >= 0.6 is 27.3 Å². The van der Waals surface area contributed by atoms with Crippen LogP contribution in [0.1, 0.15) is 18.1 Å². The number of hydrogen-bond donors (Lipinski definition) is 0. The Bertz CT molecular complexity index is 462. The fourth-order valence-corrected chi connectivity index (χ4v) is 2.92. The summed E-state index contributed by atoms with van der Waals surface area (Å²) in [6, 6.07) is 5.84. The van der Waals surface area contributed by atoms with Crippen molar-refractivity contribution in [1.82, 2.24) is 0 Å². The Labute approximate surface area is 94.9 Å². The van der Waals surface area contributed by atoms with E-state index in [0.29, 0.717) is 0 Å². The predicted octanol–water partition coefficient (Wildman–Crippen LogP) is 4.50. The molecule has 2 rings (SSSR count). The van der Waals surface area contributed by atoms with Crippen molar-refractivity contribution in [3.63, 3.8) is 0 Å². The van der Waals surface area contributed by atoms with Crippen LogP contribution in [0.25, 0.3) is 10.1 Å². The highest BCUT2D eigenvalue weighted by Crippen LogP contribution is 2.30. The summed E-state index contributed by atoms with van der Waals surface area (Å²) in [5.74, 6) is 0. The van der Waals surface area contributed by atoms with Crippen LogP contribution in [-0.2, 0) is 11.8 Å². The smallest absolute Gasteiger partial charge is 0.177 e. The lowest BCUT2D eigenvalue weighted by Gasteiger charge is -2.02. The van der Waals surface area contributed by atoms with Gasteiger partial charge in [-0.15, -0.1) is 11.3 Å². The van der Waals surface area contributed by atoms with Gasteiger partial charge in [-0.1, -0.05) is 28.9 Å². The number of benzene rings is 1. The van der Waals surface area contributed by atoms with Gasteiger partial charge in [0, 0.05) is 10.0 Å². The van der Waals surface area contributed by atoms with Gasteiger partial charge in [-0.05, 0) is 35.1 Å². The molecule has 2 aromatic rings. The van der Waals surface area contributed by atoms with E-state index in [9.17, 15) is 4.39 Å². The van der Waals surface area contributed by atoms with E-state index in [1.54, 1.807) is 6.07 Å². The zero-order chi connectivity index (χ0) is 10.1. The van der Waals surface area contributed by atoms with E-state index in [2.05, 4.69) is 35.0 Å². The SMILES string of the molecule is CCc1cc(CBr)c2cc(F)sc2c1. The molecule has 14 heavy (non-hydrogen) atoms. The first-order chi connectivity index (χ1) is 6.74. The zero-order valence-electron chi connectivity index (χ0n) is 7.81. The maximum absolute atomic E-state index is 13.1. The van der Waals surface area contributed by atoms with Gasteiger partial charge >= 0.3 is 0 Å². The molecule has 3 heteroatoms. The summed E-state index contributed by atoms with van der Waals surface area (Å²) in [5.41, 5.74) is 2.45. The minimum absolute atomic E-state index is 0.101. The lowest BCUT2D eigenvalue weighted by molar-refractivity contribution is 0.658. The average Bonchev–Trinajstić information content (AvgIpc) is 2.56. The second-order valence-electron chi connectivity index (χ2n) is 3.20. The van der Waals surface area contributed by atoms with Gasteiger partial charge in [0.2, 0.25) is 0 Å². The molecular weight excluding hydrogens is 263 g/mol. The summed E-state index contributed by atoms with van der Waals surface area (Å²) in [7, 11) is 0. The molecular formula is C11H10BrFS. The quantitative estimate of drug-likeness (QED) is 0.707. The van der Waals surface area contributed by atoms with Crippen LogP contribution in [0.3, 0.4) is 0 Å². The molecule has 0 saturated carbocycles. The second-order valence-corrected chi connectivity index (χ2v) is 4.80. The van der Waals surface area contributed by atoms with Gasteiger partial charge in [0.25, 0.3) is 0 Å². The summed E-state index contributed by atoms with van der Waals surface area (Å²) in [6.07, 6.45) is 0.995. The molecule has 1 heterocycles. The van der Waals surface area contributed by atoms with Crippen LogP contribution in [0.4, 0.5) is 4.39 Å². The van der Waals surface area contributed by atoms with Crippen molar-refractivity contribution in [2.24, 2.45) is 0 Å². The summed E-state index contributed by atoms with van der Waals surface area (Å²) in [5, 5.41) is 1.73. The highest BCUT2D eigenvalue weighted by molar-refractivity contribution is 9.08. The third-order valence-corrected chi connectivity index (χ3v) is 3.78. The van der Waals surface area contributed by atoms with E-state index in [1.165, 1.54) is 22.5 Å². The largest absolute Gasteiger partial charge is 0.195 e. The maximum atomic E-state index is 13.1. The summed E-state index contributed by atoms with van der Waals surface area (Å²) < 4.78 is 14.1. The number of alkyl halides is 1. The monoisotopic (exact) mass is 272 g/mol. The molecule has 0 saturated heterocycles. The topological polar surface area (TPSA) is 0 Å². The molecule has 0 atom stereocenters. The Morgan fingerprint density at radius 2 is 2.14 bits per heavy atom. The van der Waals surface area contributed by atoms with E-state index >= 15 is 0 Å². The van der Waals surface area contributed by atoms with Crippen LogP contribution in [0.5, 0.6) is 0 Å². The van der Waals surface area contributed by atoms with Crippen molar-refractivity contribution < 1.29 is 4.39 Å². The Kier molecular flexibility index (Phi) is 2.88. The first kappa shape index (κ1) is 10.1. The molecule has 0 aliphatic heterocycles. The van der Waals surface area contributed by atoms with Crippen LogP contribution < -0.4 is 0 Å². The van der Waals surface area contributed by atoms with E-state index in [-0.39, 0.29) is 5.13 Å². The minimum Gasteiger partial charge on any atom is -0.195 e. The summed E-state index contributed by atoms with van der Waals surface area (Å²) in [4.78, 5) is 0. The van der Waals surface area contributed by atoms with E-state index in [0.717, 1.165) is 21.8 Å². The van der Waals surface area contributed by atoms with Gasteiger partial charge in [-0.2, -0.15) is 4.39 Å². The van der Waals surface area contributed by atoms with Gasteiger partial charge in [0.15, 0.2) is 5.13 Å². The first-order valence-electron chi connectivity index (χ1n) is 4.51. The van der Waals surface area contributed by atoms with Gasteiger partial charge in [0.05, 0.1) is 0 Å². The molecule has 0 radical (unpaired) electrons. The highest BCUT2D eigenvalue weighted by atomic mass is 79.9. The number of aryl methyl sites for hydroxylation is 1.